The highest BCUT2D eigenvalue weighted by molar-refractivity contribution is 6.02. The topological polar surface area (TPSA) is 102 Å². The lowest BCUT2D eigenvalue weighted by Crippen LogP contribution is -2.38. The number of hydrogen-bond acceptors (Lipinski definition) is 4. The fourth-order valence-electron chi connectivity index (χ4n) is 3.42. The average molecular weight is 377 g/mol. The summed E-state index contributed by atoms with van der Waals surface area (Å²) < 4.78 is 2.31. The van der Waals surface area contributed by atoms with E-state index in [0.29, 0.717) is 11.3 Å². The predicted octanol–water partition coefficient (Wildman–Crippen LogP) is 1.60. The normalized spacial score (nSPS) is 11.2. The number of anilines is 1. The molecule has 1 aromatic carbocycles. The number of carbonyl (C=O) groups is 1. The SMILES string of the molecule is Cc1cnc2c(c1NC(=O)Cc1c[nH]c3ccccc13)c(=O)n(C)c(=O)n2C. The van der Waals surface area contributed by atoms with Gasteiger partial charge in [-0.25, -0.2) is 9.78 Å². The number of aromatic amines is 1. The standard InChI is InChI=1S/C20H19N5O3/c1-11-9-22-18-16(19(27)25(3)20(28)24(18)2)17(11)23-15(26)8-12-10-21-14-7-5-4-6-13(12)14/h4-7,9-10,21H,8H2,1-3H3,(H,22,23,26). The Morgan fingerprint density at radius 1 is 1.18 bits per heavy atom. The van der Waals surface area contributed by atoms with Gasteiger partial charge in [-0.2, -0.15) is 0 Å². The van der Waals surface area contributed by atoms with Crippen molar-refractivity contribution in [2.45, 2.75) is 13.3 Å². The van der Waals surface area contributed by atoms with Gasteiger partial charge in [-0.1, -0.05) is 18.2 Å². The van der Waals surface area contributed by atoms with Crippen molar-refractivity contribution in [2.75, 3.05) is 5.32 Å². The molecule has 0 unspecified atom stereocenters. The van der Waals surface area contributed by atoms with Crippen LogP contribution in [0, 0.1) is 6.92 Å². The Balaban J connectivity index is 1.77. The van der Waals surface area contributed by atoms with Gasteiger partial charge in [-0.05, 0) is 24.1 Å². The van der Waals surface area contributed by atoms with E-state index in [4.69, 9.17) is 0 Å². The summed E-state index contributed by atoms with van der Waals surface area (Å²) >= 11 is 0. The number of para-hydroxylation sites is 1. The zero-order valence-electron chi connectivity index (χ0n) is 15.7. The number of hydrogen-bond donors (Lipinski definition) is 2. The first-order chi connectivity index (χ1) is 13.4. The summed E-state index contributed by atoms with van der Waals surface area (Å²) in [5.74, 6) is -0.253. The summed E-state index contributed by atoms with van der Waals surface area (Å²) in [6.45, 7) is 1.76. The molecule has 8 nitrogen and oxygen atoms in total. The molecule has 0 aliphatic rings. The molecular weight excluding hydrogens is 358 g/mol. The molecule has 0 radical (unpaired) electrons. The highest BCUT2D eigenvalue weighted by atomic mass is 16.2. The molecule has 0 bridgehead atoms. The van der Waals surface area contributed by atoms with Gasteiger partial charge in [0.1, 0.15) is 5.39 Å². The van der Waals surface area contributed by atoms with Crippen LogP contribution in [0.5, 0.6) is 0 Å². The van der Waals surface area contributed by atoms with Crippen LogP contribution in [0.1, 0.15) is 11.1 Å². The quantitative estimate of drug-likeness (QED) is 0.566. The van der Waals surface area contributed by atoms with Crippen LogP contribution < -0.4 is 16.6 Å². The first kappa shape index (κ1) is 17.7. The Morgan fingerprint density at radius 2 is 1.93 bits per heavy atom. The van der Waals surface area contributed by atoms with E-state index in [1.54, 1.807) is 20.2 Å². The second-order valence-corrected chi connectivity index (χ2v) is 6.81. The minimum Gasteiger partial charge on any atom is -0.361 e. The van der Waals surface area contributed by atoms with Crippen LogP contribution >= 0.6 is 0 Å². The molecular formula is C20H19N5O3. The van der Waals surface area contributed by atoms with E-state index in [1.807, 2.05) is 30.5 Å². The number of fused-ring (bicyclic) bond motifs is 2. The number of rotatable bonds is 3. The second-order valence-electron chi connectivity index (χ2n) is 6.81. The van der Waals surface area contributed by atoms with Crippen molar-refractivity contribution in [1.82, 2.24) is 19.1 Å². The molecule has 2 N–H and O–H groups in total. The molecule has 4 rings (SSSR count). The molecule has 3 heterocycles. The monoisotopic (exact) mass is 377 g/mol. The Hall–Kier alpha value is -3.68. The number of amides is 1. The van der Waals surface area contributed by atoms with Crippen LogP contribution in [0.2, 0.25) is 0 Å². The van der Waals surface area contributed by atoms with Crippen LogP contribution in [0.25, 0.3) is 21.9 Å². The third-order valence-electron chi connectivity index (χ3n) is 4.95. The van der Waals surface area contributed by atoms with Crippen LogP contribution in [-0.2, 0) is 25.3 Å². The summed E-state index contributed by atoms with van der Waals surface area (Å²) in [5, 5.41) is 4.05. The molecule has 0 fully saturated rings. The number of aryl methyl sites for hydroxylation is 2. The van der Waals surface area contributed by atoms with Crippen molar-refractivity contribution in [3.05, 3.63) is 68.6 Å². The smallest absolute Gasteiger partial charge is 0.332 e. The first-order valence-corrected chi connectivity index (χ1v) is 8.78. The molecule has 142 valence electrons. The van der Waals surface area contributed by atoms with Gasteiger partial charge in [0.05, 0.1) is 12.1 Å². The predicted molar refractivity (Wildman–Crippen MR) is 108 cm³/mol. The average Bonchev–Trinajstić information content (AvgIpc) is 3.09. The Kier molecular flexibility index (Phi) is 4.11. The summed E-state index contributed by atoms with van der Waals surface area (Å²) in [6.07, 6.45) is 3.51. The molecule has 0 saturated heterocycles. The molecule has 28 heavy (non-hydrogen) atoms. The van der Waals surface area contributed by atoms with E-state index in [0.717, 1.165) is 21.0 Å². The fourth-order valence-corrected chi connectivity index (χ4v) is 3.42. The minimum atomic E-state index is -0.489. The first-order valence-electron chi connectivity index (χ1n) is 8.78. The maximum absolute atomic E-state index is 12.7. The van der Waals surface area contributed by atoms with Gasteiger partial charge in [-0.3, -0.25) is 18.7 Å². The number of pyridine rings is 1. The number of benzene rings is 1. The summed E-state index contributed by atoms with van der Waals surface area (Å²) in [6, 6.07) is 7.74. The molecule has 3 aromatic heterocycles. The molecule has 0 aliphatic carbocycles. The number of H-pyrrole nitrogens is 1. The van der Waals surface area contributed by atoms with Crippen molar-refractivity contribution < 1.29 is 4.79 Å². The van der Waals surface area contributed by atoms with E-state index >= 15 is 0 Å². The molecule has 0 spiro atoms. The van der Waals surface area contributed by atoms with E-state index in [-0.39, 0.29) is 23.4 Å². The van der Waals surface area contributed by atoms with Gasteiger partial charge in [0, 0.05) is 37.4 Å². The van der Waals surface area contributed by atoms with Crippen LogP contribution in [0.3, 0.4) is 0 Å². The van der Waals surface area contributed by atoms with Crippen molar-refractivity contribution in [1.29, 1.82) is 0 Å². The molecule has 0 aliphatic heterocycles. The Morgan fingerprint density at radius 3 is 2.71 bits per heavy atom. The summed E-state index contributed by atoms with van der Waals surface area (Å²) in [7, 11) is 2.95. The molecule has 8 heteroatoms. The molecule has 0 saturated carbocycles. The zero-order valence-corrected chi connectivity index (χ0v) is 15.7. The van der Waals surface area contributed by atoms with Crippen molar-refractivity contribution in [3.63, 3.8) is 0 Å². The fraction of sp³-hybridized carbons (Fsp3) is 0.200. The summed E-state index contributed by atoms with van der Waals surface area (Å²) in [4.78, 5) is 45.0. The van der Waals surface area contributed by atoms with Gasteiger partial charge >= 0.3 is 5.69 Å². The number of carbonyl (C=O) groups excluding carboxylic acids is 1. The Bertz CT molecular complexity index is 1360. The molecule has 1 amide bonds. The second kappa shape index (κ2) is 6.49. The minimum absolute atomic E-state index is 0.152. The van der Waals surface area contributed by atoms with Crippen molar-refractivity contribution in [2.24, 2.45) is 14.1 Å². The van der Waals surface area contributed by atoms with Gasteiger partial charge < -0.3 is 10.3 Å². The maximum atomic E-state index is 12.7. The lowest BCUT2D eigenvalue weighted by atomic mass is 10.1. The highest BCUT2D eigenvalue weighted by Crippen LogP contribution is 2.23. The third kappa shape index (κ3) is 2.70. The number of nitrogens with zero attached hydrogens (tertiary/aromatic N) is 3. The van der Waals surface area contributed by atoms with Crippen LogP contribution in [-0.4, -0.2) is 25.0 Å². The number of aromatic nitrogens is 4. The zero-order chi connectivity index (χ0) is 20.0. The van der Waals surface area contributed by atoms with E-state index < -0.39 is 11.2 Å². The lowest BCUT2D eigenvalue weighted by molar-refractivity contribution is -0.115. The van der Waals surface area contributed by atoms with E-state index in [2.05, 4.69) is 15.3 Å². The van der Waals surface area contributed by atoms with E-state index in [9.17, 15) is 14.4 Å². The molecule has 0 atom stereocenters. The third-order valence-corrected chi connectivity index (χ3v) is 4.95. The Labute approximate surface area is 159 Å². The lowest BCUT2D eigenvalue weighted by Gasteiger charge is -2.13. The maximum Gasteiger partial charge on any atom is 0.332 e. The van der Waals surface area contributed by atoms with E-state index in [1.165, 1.54) is 11.6 Å². The van der Waals surface area contributed by atoms with Gasteiger partial charge in [-0.15, -0.1) is 0 Å². The highest BCUT2D eigenvalue weighted by Gasteiger charge is 2.18. The number of nitrogens with one attached hydrogen (secondary N) is 2. The largest absolute Gasteiger partial charge is 0.361 e. The summed E-state index contributed by atoms with van der Waals surface area (Å²) in [5.41, 5.74) is 2.13. The molecule has 4 aromatic rings. The van der Waals surface area contributed by atoms with Crippen molar-refractivity contribution >= 4 is 33.5 Å². The van der Waals surface area contributed by atoms with Gasteiger partial charge in [0.25, 0.3) is 5.56 Å². The van der Waals surface area contributed by atoms with Crippen molar-refractivity contribution in [3.8, 4) is 0 Å². The van der Waals surface area contributed by atoms with Crippen LogP contribution in [0.15, 0.2) is 46.2 Å². The van der Waals surface area contributed by atoms with Crippen LogP contribution in [0.4, 0.5) is 5.69 Å². The van der Waals surface area contributed by atoms with Gasteiger partial charge in [0.2, 0.25) is 5.91 Å². The van der Waals surface area contributed by atoms with Gasteiger partial charge in [0.15, 0.2) is 5.65 Å².